The second-order valence-corrected chi connectivity index (χ2v) is 3.67. The summed E-state index contributed by atoms with van der Waals surface area (Å²) in [7, 11) is 0. The summed E-state index contributed by atoms with van der Waals surface area (Å²) in [5.41, 5.74) is -3.50. The predicted molar refractivity (Wildman–Crippen MR) is 65.7 cm³/mol. The van der Waals surface area contributed by atoms with Crippen molar-refractivity contribution in [3.8, 4) is 0 Å². The highest BCUT2D eigenvalue weighted by atomic mass is 35.5. The van der Waals surface area contributed by atoms with Crippen molar-refractivity contribution in [2.24, 2.45) is 0 Å². The van der Waals surface area contributed by atoms with Gasteiger partial charge < -0.3 is 5.31 Å². The van der Waals surface area contributed by atoms with Crippen LogP contribution in [0.4, 0.5) is 0 Å². The molecule has 1 aliphatic rings. The maximum Gasteiger partial charge on any atom is 0.157 e. The van der Waals surface area contributed by atoms with Gasteiger partial charge in [0.1, 0.15) is 6.95 Å². The average Bonchev–Trinajstić information content (AvgIpc) is 2.54. The molecule has 0 saturated heterocycles. The molecule has 0 heterocycles. The Morgan fingerprint density at radius 1 is 1.62 bits per heavy atom. The van der Waals surface area contributed by atoms with Gasteiger partial charge in [0.05, 0.1) is 5.48 Å². The summed E-state index contributed by atoms with van der Waals surface area (Å²) in [5.74, 6) is -1.22. The summed E-state index contributed by atoms with van der Waals surface area (Å²) in [5, 5.41) is -0.934. The third-order valence-corrected chi connectivity index (χ3v) is 2.71. The minimum Gasteiger partial charge on any atom is -0.304 e. The van der Waals surface area contributed by atoms with E-state index in [1.54, 1.807) is 0 Å². The van der Waals surface area contributed by atoms with Gasteiger partial charge in [-0.25, -0.2) is 0 Å². The molecule has 1 saturated carbocycles. The van der Waals surface area contributed by atoms with Crippen LogP contribution in [0.3, 0.4) is 0 Å². The lowest BCUT2D eigenvalue weighted by molar-refractivity contribution is -0.127. The lowest BCUT2D eigenvalue weighted by atomic mass is 9.75. The Labute approximate surface area is 118 Å². The van der Waals surface area contributed by atoms with Gasteiger partial charge in [-0.3, -0.25) is 4.79 Å². The van der Waals surface area contributed by atoms with Crippen molar-refractivity contribution in [2.75, 3.05) is 6.98 Å². The van der Waals surface area contributed by atoms with E-state index in [2.05, 4.69) is 0 Å². The van der Waals surface area contributed by atoms with E-state index in [-0.39, 0.29) is 5.31 Å². The number of carbonyl (C=O) groups is 1. The molecule has 1 atom stereocenters. The lowest BCUT2D eigenvalue weighted by Gasteiger charge is -2.36. The summed E-state index contributed by atoms with van der Waals surface area (Å²) in [4.78, 5) is 13.0. The fraction of sp³-hybridized carbons (Fsp3) is 0.462. The zero-order chi connectivity index (χ0) is 22.0. The molecule has 1 N–H and O–H groups in total. The van der Waals surface area contributed by atoms with Gasteiger partial charge in [0.25, 0.3) is 0 Å². The van der Waals surface area contributed by atoms with Gasteiger partial charge in [-0.1, -0.05) is 36.1 Å². The molecule has 86 valence electrons. The quantitative estimate of drug-likeness (QED) is 0.873. The molecule has 1 aromatic rings. The second kappa shape index (κ2) is 4.56. The van der Waals surface area contributed by atoms with Crippen molar-refractivity contribution < 1.29 is 21.3 Å². The van der Waals surface area contributed by atoms with Crippen LogP contribution in [0.15, 0.2) is 24.2 Å². The third-order valence-electron chi connectivity index (χ3n) is 2.43. The van der Waals surface area contributed by atoms with Crippen LogP contribution in [-0.2, 0) is 10.3 Å². The first kappa shape index (κ1) is 3.82. The number of likely N-dealkylation sites (N-methyl/N-ethyl adjacent to an activating group) is 1. The van der Waals surface area contributed by atoms with Crippen molar-refractivity contribution in [3.63, 3.8) is 0 Å². The number of nitrogens with one attached hydrogen (secondary N) is 1. The Bertz CT molecular complexity index is 809. The van der Waals surface area contributed by atoms with Gasteiger partial charge in [0.15, 0.2) is 5.78 Å². The van der Waals surface area contributed by atoms with E-state index in [1.165, 1.54) is 0 Å². The van der Waals surface area contributed by atoms with Crippen LogP contribution in [0.2, 0.25) is 6.43 Å². The molecule has 0 radical (unpaired) electrons. The maximum atomic E-state index is 13.0. The number of hydrogen-bond donors (Lipinski definition) is 1. The standard InChI is InChI=1S/C13H16ClNO/c1-15-13(9-5-4-8-12(13)16)10-6-2-3-7-11(10)14/h2-3,6-7,15H,4-5,8-9H2,1H3/i1D3,2D,3D,4D2,5D2,6D,7D/hD. The summed E-state index contributed by atoms with van der Waals surface area (Å²) >= 11 is 6.05. The molecule has 2 rings (SSSR count). The number of benzene rings is 1. The Morgan fingerprint density at radius 2 is 2.44 bits per heavy atom. The Kier molecular flexibility index (Phi) is 1.09. The van der Waals surface area contributed by atoms with E-state index < -0.39 is 78.6 Å². The predicted octanol–water partition coefficient (Wildman–Crippen LogP) is 2.90. The summed E-state index contributed by atoms with van der Waals surface area (Å²) in [6.07, 6.45) is -7.76. The van der Waals surface area contributed by atoms with E-state index in [4.69, 9.17) is 28.1 Å². The molecule has 2 nitrogen and oxygen atoms in total. The molecular formula is C13H16ClNO. The van der Waals surface area contributed by atoms with E-state index in [9.17, 15) is 4.79 Å². The van der Waals surface area contributed by atoms with Crippen LogP contribution in [0.5, 0.6) is 0 Å². The number of hydrogen-bond acceptors (Lipinski definition) is 2. The number of Topliss-reactive ketones (excluding diaryl/α,β-unsaturated/α-hetero) is 1. The monoisotopic (exact) mass is 249 g/mol. The van der Waals surface area contributed by atoms with Gasteiger partial charge in [-0.15, -0.1) is 0 Å². The smallest absolute Gasteiger partial charge is 0.157 e. The molecule has 0 bridgehead atoms. The van der Waals surface area contributed by atoms with Crippen molar-refractivity contribution in [1.29, 1.82) is 0 Å². The van der Waals surface area contributed by atoms with Gasteiger partial charge in [0, 0.05) is 21.0 Å². The third kappa shape index (κ3) is 1.76. The highest BCUT2D eigenvalue weighted by molar-refractivity contribution is 6.31. The van der Waals surface area contributed by atoms with Crippen LogP contribution in [0, 0.1) is 0 Å². The molecule has 3 heteroatoms. The first-order chi connectivity index (χ1) is 12.4. The highest BCUT2D eigenvalue weighted by Crippen LogP contribution is 2.37. The van der Waals surface area contributed by atoms with Crippen LogP contribution < -0.4 is 5.31 Å². The first-order valence-corrected chi connectivity index (χ1v) is 4.88. The molecule has 1 fully saturated rings. The molecule has 0 aromatic heterocycles. The minimum atomic E-state index is -3.30. The van der Waals surface area contributed by atoms with E-state index >= 15 is 0 Å². The molecule has 1 unspecified atom stereocenters. The van der Waals surface area contributed by atoms with E-state index in [1.807, 2.05) is 0 Å². The Hall–Kier alpha value is -0.860. The minimum absolute atomic E-state index is 0.211. The van der Waals surface area contributed by atoms with Crippen molar-refractivity contribution in [2.45, 2.75) is 31.1 Å². The lowest BCUT2D eigenvalue weighted by Crippen LogP contribution is -2.49. The molecule has 1 aliphatic carbocycles. The fourth-order valence-electron chi connectivity index (χ4n) is 1.55. The van der Waals surface area contributed by atoms with E-state index in [0.29, 0.717) is 0 Å². The largest absolute Gasteiger partial charge is 0.304 e. The van der Waals surface area contributed by atoms with Gasteiger partial charge >= 0.3 is 0 Å². The topological polar surface area (TPSA) is 29.1 Å². The molecule has 16 heavy (non-hydrogen) atoms. The number of carbonyl (C=O) groups excluding carboxylic acids is 1. The Balaban J connectivity index is 2.98. The Morgan fingerprint density at radius 3 is 3.25 bits per heavy atom. The SMILES string of the molecule is [2H]c1c([2H])c([2H])c(C2(N([2H])C([2H])([2H])[2H])CC([2H])([2H])C([2H])([2H])CC2=O)c(Cl)c1[2H]. The second-order valence-electron chi connectivity index (χ2n) is 3.29. The highest BCUT2D eigenvalue weighted by Gasteiger charge is 2.40. The number of halogens is 1. The zero-order valence-electron chi connectivity index (χ0n) is 20.1. The van der Waals surface area contributed by atoms with Gasteiger partial charge in [0.2, 0.25) is 0 Å². The van der Waals surface area contributed by atoms with Crippen LogP contribution in [0.1, 0.15) is 46.2 Å². The summed E-state index contributed by atoms with van der Waals surface area (Å²) in [6.45, 7) is -3.30. The molecule has 0 spiro atoms. The van der Waals surface area contributed by atoms with Gasteiger partial charge in [-0.2, -0.15) is 0 Å². The summed E-state index contributed by atoms with van der Waals surface area (Å²) < 4.78 is 93.7. The molecule has 1 aromatic carbocycles. The average molecular weight is 250 g/mol. The van der Waals surface area contributed by atoms with Crippen molar-refractivity contribution >= 4 is 17.4 Å². The molecule has 0 aliphatic heterocycles. The van der Waals surface area contributed by atoms with Gasteiger partial charge in [-0.05, 0) is 31.4 Å². The normalized spacial score (nSPS) is 44.0. The van der Waals surface area contributed by atoms with Crippen molar-refractivity contribution in [3.05, 3.63) is 34.8 Å². The maximum absolute atomic E-state index is 13.0. The zero-order valence-corrected chi connectivity index (χ0v) is 8.90. The van der Waals surface area contributed by atoms with Crippen LogP contribution >= 0.6 is 11.6 Å². The van der Waals surface area contributed by atoms with Crippen molar-refractivity contribution in [1.82, 2.24) is 5.31 Å². The summed E-state index contributed by atoms with van der Waals surface area (Å²) in [6, 6.07) is -3.26. The number of ketones is 1. The van der Waals surface area contributed by atoms with E-state index in [0.717, 1.165) is 0 Å². The van der Waals surface area contributed by atoms with Crippen LogP contribution in [-0.4, -0.2) is 12.8 Å². The number of rotatable bonds is 2. The first-order valence-electron chi connectivity index (χ1n) is 10.5. The molecule has 0 amide bonds. The molecular weight excluding hydrogens is 222 g/mol. The fourth-order valence-corrected chi connectivity index (χ4v) is 1.80. The van der Waals surface area contributed by atoms with Crippen LogP contribution in [0.25, 0.3) is 0 Å².